The SMILES string of the molecule is CN/C=C(/Nc1nc(Nc2cc(C)c(C3CCNCC3)cc2C(F)(F)F)ncc1Cl)C(=N)S(=O)(=O)C(C)C. The topological polar surface area (TPSA) is 132 Å². The lowest BCUT2D eigenvalue weighted by Gasteiger charge is -2.26. The van der Waals surface area contributed by atoms with Gasteiger partial charge in [0.2, 0.25) is 5.95 Å². The van der Waals surface area contributed by atoms with E-state index in [1.807, 2.05) is 0 Å². The number of nitrogens with zero attached hydrogens (tertiary/aromatic N) is 2. The van der Waals surface area contributed by atoms with Crippen LogP contribution in [0.3, 0.4) is 0 Å². The summed E-state index contributed by atoms with van der Waals surface area (Å²) < 4.78 is 67.3. The molecule has 1 aliphatic rings. The first-order chi connectivity index (χ1) is 17.8. The minimum absolute atomic E-state index is 0.0271. The lowest BCUT2D eigenvalue weighted by molar-refractivity contribution is -0.137. The summed E-state index contributed by atoms with van der Waals surface area (Å²) in [6.07, 6.45) is -0.707. The van der Waals surface area contributed by atoms with Crippen molar-refractivity contribution in [3.63, 3.8) is 0 Å². The fourth-order valence-electron chi connectivity index (χ4n) is 4.09. The molecular formula is C24H31ClF3N7O2S. The number of hydrogen-bond donors (Lipinski definition) is 5. The van der Waals surface area contributed by atoms with Crippen LogP contribution in [0.15, 0.2) is 30.2 Å². The number of aromatic nitrogens is 2. The molecule has 5 N–H and O–H groups in total. The number of hydrogen-bond acceptors (Lipinski definition) is 9. The summed E-state index contributed by atoms with van der Waals surface area (Å²) in [5, 5.41) is 17.8. The van der Waals surface area contributed by atoms with E-state index in [2.05, 4.69) is 31.2 Å². The van der Waals surface area contributed by atoms with Gasteiger partial charge in [0.1, 0.15) is 5.02 Å². The van der Waals surface area contributed by atoms with Gasteiger partial charge >= 0.3 is 6.18 Å². The predicted molar refractivity (Wildman–Crippen MR) is 144 cm³/mol. The largest absolute Gasteiger partial charge is 0.418 e. The molecule has 38 heavy (non-hydrogen) atoms. The van der Waals surface area contributed by atoms with E-state index in [-0.39, 0.29) is 34.1 Å². The zero-order valence-corrected chi connectivity index (χ0v) is 23.0. The number of aryl methyl sites for hydroxylation is 1. The third kappa shape index (κ3) is 6.75. The highest BCUT2D eigenvalue weighted by molar-refractivity contribution is 8.07. The first-order valence-corrected chi connectivity index (χ1v) is 13.9. The summed E-state index contributed by atoms with van der Waals surface area (Å²) in [5.74, 6) is -0.256. The van der Waals surface area contributed by atoms with Crippen LogP contribution in [0.1, 0.15) is 49.3 Å². The maximum atomic E-state index is 14.1. The molecule has 0 radical (unpaired) electrons. The van der Waals surface area contributed by atoms with E-state index in [0.29, 0.717) is 11.1 Å². The average molecular weight is 574 g/mol. The van der Waals surface area contributed by atoms with Gasteiger partial charge in [0.05, 0.1) is 28.4 Å². The minimum atomic E-state index is -4.63. The molecule has 0 unspecified atom stereocenters. The summed E-state index contributed by atoms with van der Waals surface area (Å²) in [4.78, 5) is 8.16. The lowest BCUT2D eigenvalue weighted by Crippen LogP contribution is -2.28. The number of halogens is 4. The van der Waals surface area contributed by atoms with Crippen LogP contribution in [-0.2, 0) is 16.0 Å². The maximum Gasteiger partial charge on any atom is 0.418 e. The Kier molecular flexibility index (Phi) is 9.26. The van der Waals surface area contributed by atoms with Crippen LogP contribution in [0.25, 0.3) is 0 Å². The Bertz CT molecular complexity index is 1330. The second-order valence-electron chi connectivity index (χ2n) is 9.19. The van der Waals surface area contributed by atoms with Gasteiger partial charge in [-0.05, 0) is 75.9 Å². The quantitative estimate of drug-likeness (QED) is 0.222. The number of sulfone groups is 1. The number of rotatable bonds is 8. The van der Waals surface area contributed by atoms with E-state index in [9.17, 15) is 21.6 Å². The fraction of sp³-hybridized carbons (Fsp3) is 0.458. The highest BCUT2D eigenvalue weighted by Crippen LogP contribution is 2.40. The third-order valence-electron chi connectivity index (χ3n) is 6.17. The van der Waals surface area contributed by atoms with Crippen molar-refractivity contribution in [2.75, 3.05) is 30.8 Å². The Morgan fingerprint density at radius 3 is 2.50 bits per heavy atom. The van der Waals surface area contributed by atoms with Crippen LogP contribution in [0.4, 0.5) is 30.6 Å². The molecule has 0 saturated carbocycles. The number of benzene rings is 1. The Labute approximate surface area is 225 Å². The van der Waals surface area contributed by atoms with Crippen molar-refractivity contribution in [2.45, 2.75) is 51.0 Å². The zero-order valence-electron chi connectivity index (χ0n) is 21.4. The molecule has 0 spiro atoms. The van der Waals surface area contributed by atoms with Crippen molar-refractivity contribution in [2.24, 2.45) is 0 Å². The summed E-state index contributed by atoms with van der Waals surface area (Å²) >= 11 is 6.19. The molecular weight excluding hydrogens is 543 g/mol. The van der Waals surface area contributed by atoms with Gasteiger partial charge in [-0.25, -0.2) is 13.4 Å². The minimum Gasteiger partial charge on any atom is -0.392 e. The second-order valence-corrected chi connectivity index (χ2v) is 12.0. The van der Waals surface area contributed by atoms with Crippen LogP contribution in [0.2, 0.25) is 5.02 Å². The van der Waals surface area contributed by atoms with Gasteiger partial charge in [-0.15, -0.1) is 0 Å². The van der Waals surface area contributed by atoms with Crippen LogP contribution in [0, 0.1) is 12.3 Å². The summed E-state index contributed by atoms with van der Waals surface area (Å²) in [6, 6.07) is 2.62. The average Bonchev–Trinajstić information content (AvgIpc) is 2.85. The van der Waals surface area contributed by atoms with Crippen molar-refractivity contribution >= 4 is 43.9 Å². The smallest absolute Gasteiger partial charge is 0.392 e. The van der Waals surface area contributed by atoms with Gasteiger partial charge in [0.15, 0.2) is 20.7 Å². The molecule has 0 aliphatic carbocycles. The predicted octanol–water partition coefficient (Wildman–Crippen LogP) is 4.94. The molecule has 1 aliphatic heterocycles. The summed E-state index contributed by atoms with van der Waals surface area (Å²) in [5.41, 5.74) is 0.167. The number of anilines is 3. The Morgan fingerprint density at radius 2 is 1.92 bits per heavy atom. The Balaban J connectivity index is 1.97. The molecule has 1 saturated heterocycles. The van der Waals surface area contributed by atoms with Gasteiger partial charge < -0.3 is 21.3 Å². The molecule has 0 atom stereocenters. The monoisotopic (exact) mass is 573 g/mol. The molecule has 14 heteroatoms. The first kappa shape index (κ1) is 29.7. The van der Waals surface area contributed by atoms with Crippen molar-refractivity contribution in [3.05, 3.63) is 51.9 Å². The van der Waals surface area contributed by atoms with Crippen molar-refractivity contribution in [3.8, 4) is 0 Å². The van der Waals surface area contributed by atoms with Crippen LogP contribution in [0.5, 0.6) is 0 Å². The van der Waals surface area contributed by atoms with Crippen molar-refractivity contribution in [1.29, 1.82) is 5.41 Å². The van der Waals surface area contributed by atoms with E-state index in [0.717, 1.165) is 25.9 Å². The molecule has 1 aromatic carbocycles. The summed E-state index contributed by atoms with van der Waals surface area (Å²) in [7, 11) is -2.43. The van der Waals surface area contributed by atoms with Gasteiger partial charge in [-0.3, -0.25) is 5.41 Å². The van der Waals surface area contributed by atoms with Crippen LogP contribution < -0.4 is 21.3 Å². The second kappa shape index (κ2) is 11.9. The Morgan fingerprint density at radius 1 is 1.26 bits per heavy atom. The van der Waals surface area contributed by atoms with Gasteiger partial charge in [-0.1, -0.05) is 11.6 Å². The van der Waals surface area contributed by atoms with Gasteiger partial charge in [-0.2, -0.15) is 18.2 Å². The van der Waals surface area contributed by atoms with E-state index < -0.39 is 31.9 Å². The first-order valence-electron chi connectivity index (χ1n) is 11.9. The number of nitrogens with one attached hydrogen (secondary N) is 5. The third-order valence-corrected chi connectivity index (χ3v) is 8.48. The fourth-order valence-corrected chi connectivity index (χ4v) is 5.12. The maximum absolute atomic E-state index is 14.1. The lowest BCUT2D eigenvalue weighted by atomic mass is 9.86. The molecule has 2 aromatic rings. The zero-order chi connectivity index (χ0) is 28.3. The molecule has 0 amide bonds. The van der Waals surface area contributed by atoms with Gasteiger partial charge in [0.25, 0.3) is 0 Å². The standard InChI is InChI=1S/C24H31ClF3N7O2S/c1-13(2)38(36,37)21(29)20(12-30-4)33-22-18(25)11-32-23(35-22)34-19-9-14(3)16(10-17(19)24(26,27)28)15-5-7-31-8-6-15/h9-13,15,29-31H,5-8H2,1-4H3,(H2,32,33,34,35)/b20-12+,29-21?. The van der Waals surface area contributed by atoms with Crippen LogP contribution in [-0.4, -0.2) is 48.8 Å². The van der Waals surface area contributed by atoms with Crippen molar-refractivity contribution < 1.29 is 21.6 Å². The molecule has 9 nitrogen and oxygen atoms in total. The summed E-state index contributed by atoms with van der Waals surface area (Å²) in [6.45, 7) is 6.15. The molecule has 0 bridgehead atoms. The molecule has 2 heterocycles. The van der Waals surface area contributed by atoms with E-state index in [4.69, 9.17) is 17.0 Å². The highest BCUT2D eigenvalue weighted by atomic mass is 35.5. The molecule has 3 rings (SSSR count). The van der Waals surface area contributed by atoms with Crippen molar-refractivity contribution in [1.82, 2.24) is 20.6 Å². The van der Waals surface area contributed by atoms with Crippen LogP contribution >= 0.6 is 11.6 Å². The van der Waals surface area contributed by atoms with E-state index in [1.54, 1.807) is 6.92 Å². The molecule has 208 valence electrons. The Hall–Kier alpha value is -2.90. The number of piperidine rings is 1. The van der Waals surface area contributed by atoms with Gasteiger partial charge in [0, 0.05) is 13.2 Å². The number of alkyl halides is 3. The normalized spacial score (nSPS) is 15.4. The molecule has 1 fully saturated rings. The van der Waals surface area contributed by atoms with E-state index >= 15 is 0 Å². The highest BCUT2D eigenvalue weighted by Gasteiger charge is 2.35. The molecule has 1 aromatic heterocycles. The van der Waals surface area contributed by atoms with E-state index in [1.165, 1.54) is 45.4 Å².